The summed E-state index contributed by atoms with van der Waals surface area (Å²) in [5.41, 5.74) is 3.59. The Morgan fingerprint density at radius 3 is 2.25 bits per heavy atom. The number of aryl methyl sites for hydroxylation is 1. The second kappa shape index (κ2) is 6.81. The smallest absolute Gasteiger partial charge is 0.119 e. The fourth-order valence-electron chi connectivity index (χ4n) is 2.27. The maximum absolute atomic E-state index is 6.63. The van der Waals surface area contributed by atoms with Gasteiger partial charge in [0.2, 0.25) is 0 Å². The number of hydrogen-bond acceptors (Lipinski definition) is 1. The molecular weight excluding hydrogens is 268 g/mol. The van der Waals surface area contributed by atoms with E-state index in [1.54, 1.807) is 0 Å². The fourth-order valence-corrected chi connectivity index (χ4v) is 2.63. The molecule has 0 aliphatic heterocycles. The monoisotopic (exact) mass is 288 g/mol. The highest BCUT2D eigenvalue weighted by Crippen LogP contribution is 2.32. The number of hydrogen-bond donors (Lipinski definition) is 0. The van der Waals surface area contributed by atoms with Crippen molar-refractivity contribution < 1.29 is 4.74 Å². The van der Waals surface area contributed by atoms with Crippen LogP contribution in [0.1, 0.15) is 42.8 Å². The molecule has 0 fully saturated rings. The Balaban J connectivity index is 2.22. The van der Waals surface area contributed by atoms with Crippen molar-refractivity contribution in [3.05, 3.63) is 65.2 Å². The van der Waals surface area contributed by atoms with E-state index in [-0.39, 0.29) is 11.5 Å². The summed E-state index contributed by atoms with van der Waals surface area (Å²) in [5.74, 6) is 0.886. The van der Waals surface area contributed by atoms with E-state index in [1.807, 2.05) is 44.2 Å². The molecular formula is C18H21ClO. The van der Waals surface area contributed by atoms with Gasteiger partial charge in [-0.05, 0) is 49.1 Å². The summed E-state index contributed by atoms with van der Waals surface area (Å²) in [7, 11) is 0. The van der Waals surface area contributed by atoms with Crippen LogP contribution in [-0.2, 0) is 6.42 Å². The Hall–Kier alpha value is -1.47. The maximum Gasteiger partial charge on any atom is 0.119 e. The van der Waals surface area contributed by atoms with Crippen LogP contribution in [0.2, 0.25) is 0 Å². The molecule has 1 atom stereocenters. The van der Waals surface area contributed by atoms with E-state index in [0.29, 0.717) is 0 Å². The third kappa shape index (κ3) is 3.55. The largest absolute Gasteiger partial charge is 0.491 e. The molecule has 0 saturated heterocycles. The molecule has 2 aromatic rings. The van der Waals surface area contributed by atoms with Gasteiger partial charge in [-0.25, -0.2) is 0 Å². The summed E-state index contributed by atoms with van der Waals surface area (Å²) in [6.45, 7) is 6.20. The molecule has 0 aliphatic rings. The number of alkyl halides is 1. The van der Waals surface area contributed by atoms with Gasteiger partial charge in [0.1, 0.15) is 5.75 Å². The van der Waals surface area contributed by atoms with Gasteiger partial charge in [0, 0.05) is 0 Å². The summed E-state index contributed by atoms with van der Waals surface area (Å²) in [5, 5.41) is -0.112. The predicted molar refractivity (Wildman–Crippen MR) is 85.7 cm³/mol. The third-order valence-electron chi connectivity index (χ3n) is 3.25. The van der Waals surface area contributed by atoms with Crippen molar-refractivity contribution >= 4 is 11.6 Å². The SMILES string of the molecule is CCc1ccccc1C(Cl)c1ccc(OC(C)C)cc1. The van der Waals surface area contributed by atoms with E-state index in [9.17, 15) is 0 Å². The summed E-state index contributed by atoms with van der Waals surface area (Å²) in [6, 6.07) is 16.4. The summed E-state index contributed by atoms with van der Waals surface area (Å²) >= 11 is 6.63. The number of rotatable bonds is 5. The zero-order valence-electron chi connectivity index (χ0n) is 12.3. The summed E-state index contributed by atoms with van der Waals surface area (Å²) < 4.78 is 5.66. The van der Waals surface area contributed by atoms with Crippen molar-refractivity contribution in [2.45, 2.75) is 38.7 Å². The minimum Gasteiger partial charge on any atom is -0.491 e. The van der Waals surface area contributed by atoms with Crippen LogP contribution in [0.3, 0.4) is 0 Å². The fraction of sp³-hybridized carbons (Fsp3) is 0.333. The van der Waals surface area contributed by atoms with Gasteiger partial charge in [0.25, 0.3) is 0 Å². The van der Waals surface area contributed by atoms with Crippen LogP contribution in [0, 0.1) is 0 Å². The molecule has 0 spiro atoms. The molecule has 2 rings (SSSR count). The van der Waals surface area contributed by atoms with Crippen molar-refractivity contribution in [2.75, 3.05) is 0 Å². The van der Waals surface area contributed by atoms with Crippen molar-refractivity contribution in [1.82, 2.24) is 0 Å². The van der Waals surface area contributed by atoms with Gasteiger partial charge < -0.3 is 4.74 Å². The van der Waals surface area contributed by atoms with Crippen LogP contribution in [0.25, 0.3) is 0 Å². The van der Waals surface area contributed by atoms with Crippen LogP contribution in [0.15, 0.2) is 48.5 Å². The maximum atomic E-state index is 6.63. The lowest BCUT2D eigenvalue weighted by molar-refractivity contribution is 0.242. The average molecular weight is 289 g/mol. The Bertz CT molecular complexity index is 546. The summed E-state index contributed by atoms with van der Waals surface area (Å²) in [4.78, 5) is 0. The van der Waals surface area contributed by atoms with E-state index < -0.39 is 0 Å². The molecule has 0 heterocycles. The third-order valence-corrected chi connectivity index (χ3v) is 3.74. The second-order valence-electron chi connectivity index (χ2n) is 5.15. The zero-order valence-corrected chi connectivity index (χ0v) is 13.0. The van der Waals surface area contributed by atoms with Crippen molar-refractivity contribution in [1.29, 1.82) is 0 Å². The van der Waals surface area contributed by atoms with Gasteiger partial charge in [-0.2, -0.15) is 0 Å². The molecule has 0 radical (unpaired) electrons. The molecule has 0 aromatic heterocycles. The quantitative estimate of drug-likeness (QED) is 0.673. The number of ether oxygens (including phenoxy) is 1. The molecule has 106 valence electrons. The van der Waals surface area contributed by atoms with E-state index >= 15 is 0 Å². The molecule has 0 bridgehead atoms. The van der Waals surface area contributed by atoms with Crippen LogP contribution >= 0.6 is 11.6 Å². The van der Waals surface area contributed by atoms with Gasteiger partial charge in [-0.15, -0.1) is 11.6 Å². The van der Waals surface area contributed by atoms with E-state index in [2.05, 4.69) is 25.1 Å². The molecule has 1 nitrogen and oxygen atoms in total. The molecule has 0 amide bonds. The first-order valence-corrected chi connectivity index (χ1v) is 7.54. The molecule has 20 heavy (non-hydrogen) atoms. The van der Waals surface area contributed by atoms with Crippen molar-refractivity contribution in [2.24, 2.45) is 0 Å². The van der Waals surface area contributed by atoms with Crippen LogP contribution < -0.4 is 4.74 Å². The zero-order chi connectivity index (χ0) is 14.5. The molecule has 1 unspecified atom stereocenters. The second-order valence-corrected chi connectivity index (χ2v) is 5.59. The normalized spacial score (nSPS) is 12.4. The summed E-state index contributed by atoms with van der Waals surface area (Å²) in [6.07, 6.45) is 1.18. The highest BCUT2D eigenvalue weighted by Gasteiger charge is 2.13. The van der Waals surface area contributed by atoms with Crippen LogP contribution in [-0.4, -0.2) is 6.10 Å². The van der Waals surface area contributed by atoms with Gasteiger partial charge in [-0.3, -0.25) is 0 Å². The Morgan fingerprint density at radius 2 is 1.65 bits per heavy atom. The first-order chi connectivity index (χ1) is 9.61. The first-order valence-electron chi connectivity index (χ1n) is 7.10. The molecule has 2 heteroatoms. The standard InChI is InChI=1S/C18H21ClO/c1-4-14-7-5-6-8-17(14)18(19)15-9-11-16(12-10-15)20-13(2)3/h5-13,18H,4H2,1-3H3. The predicted octanol–water partition coefficient (Wildman–Crippen LogP) is 5.36. The Labute approximate surface area is 126 Å². The van der Waals surface area contributed by atoms with Gasteiger partial charge in [0.05, 0.1) is 11.5 Å². The van der Waals surface area contributed by atoms with Gasteiger partial charge >= 0.3 is 0 Å². The molecule has 0 saturated carbocycles. The minimum absolute atomic E-state index is 0.112. The van der Waals surface area contributed by atoms with Crippen molar-refractivity contribution in [3.63, 3.8) is 0 Å². The van der Waals surface area contributed by atoms with Gasteiger partial charge in [0.15, 0.2) is 0 Å². The Kier molecular flexibility index (Phi) is 5.08. The van der Waals surface area contributed by atoms with Crippen LogP contribution in [0.4, 0.5) is 0 Å². The highest BCUT2D eigenvalue weighted by molar-refractivity contribution is 6.22. The lowest BCUT2D eigenvalue weighted by Gasteiger charge is -2.15. The van der Waals surface area contributed by atoms with E-state index in [4.69, 9.17) is 16.3 Å². The number of halogens is 1. The number of benzene rings is 2. The van der Waals surface area contributed by atoms with E-state index in [0.717, 1.165) is 17.7 Å². The lowest BCUT2D eigenvalue weighted by atomic mass is 9.98. The van der Waals surface area contributed by atoms with Gasteiger partial charge in [-0.1, -0.05) is 43.3 Å². The molecule has 0 N–H and O–H groups in total. The minimum atomic E-state index is -0.112. The van der Waals surface area contributed by atoms with Crippen molar-refractivity contribution in [3.8, 4) is 5.75 Å². The highest BCUT2D eigenvalue weighted by atomic mass is 35.5. The Morgan fingerprint density at radius 1 is 1.00 bits per heavy atom. The average Bonchev–Trinajstić information content (AvgIpc) is 2.46. The first kappa shape index (κ1) is 14.9. The van der Waals surface area contributed by atoms with E-state index in [1.165, 1.54) is 11.1 Å². The van der Waals surface area contributed by atoms with Crippen LogP contribution in [0.5, 0.6) is 5.75 Å². The topological polar surface area (TPSA) is 9.23 Å². The molecule has 2 aromatic carbocycles. The molecule has 0 aliphatic carbocycles. The lowest BCUT2D eigenvalue weighted by Crippen LogP contribution is -2.05.